The fourth-order valence-corrected chi connectivity index (χ4v) is 0.940. The van der Waals surface area contributed by atoms with Crippen LogP contribution in [0.4, 0.5) is 0 Å². The lowest BCUT2D eigenvalue weighted by atomic mass is 10.2. The Labute approximate surface area is 55.1 Å². The fraction of sp³-hybridized carbons (Fsp3) is 0.714. The van der Waals surface area contributed by atoms with Crippen LogP contribution < -0.4 is 0 Å². The third-order valence-corrected chi connectivity index (χ3v) is 1.48. The molecule has 2 nitrogen and oxygen atoms in total. The number of aliphatic hydroxyl groups is 1. The molecule has 0 aliphatic carbocycles. The molecule has 0 aromatic carbocycles. The Balaban J connectivity index is 2.17. The summed E-state index contributed by atoms with van der Waals surface area (Å²) in [5.41, 5.74) is 0. The first-order valence-corrected chi connectivity index (χ1v) is 3.29. The van der Waals surface area contributed by atoms with Crippen LogP contribution in [-0.2, 0) is 4.74 Å². The molecule has 0 aromatic heterocycles. The topological polar surface area (TPSA) is 32.8 Å². The van der Waals surface area contributed by atoms with Crippen molar-refractivity contribution in [3.8, 4) is 0 Å². The Kier molecular flexibility index (Phi) is 1.76. The first-order valence-electron chi connectivity index (χ1n) is 3.29. The lowest BCUT2D eigenvalue weighted by molar-refractivity contribution is 0.316. The van der Waals surface area contributed by atoms with Gasteiger partial charge >= 0.3 is 0 Å². The highest BCUT2D eigenvalue weighted by atomic mass is 16.6. The number of hydrogen-bond donors (Lipinski definition) is 1. The van der Waals surface area contributed by atoms with Gasteiger partial charge in [0.15, 0.2) is 0 Å². The quantitative estimate of drug-likeness (QED) is 0.462. The van der Waals surface area contributed by atoms with E-state index in [-0.39, 0.29) is 18.0 Å². The molecule has 1 heterocycles. The van der Waals surface area contributed by atoms with E-state index in [0.29, 0.717) is 0 Å². The summed E-state index contributed by atoms with van der Waals surface area (Å²) in [5.74, 6) is 0.174. The van der Waals surface area contributed by atoms with Crippen LogP contribution >= 0.6 is 0 Å². The number of epoxide rings is 1. The zero-order chi connectivity index (χ0) is 6.85. The van der Waals surface area contributed by atoms with E-state index in [2.05, 4.69) is 13.5 Å². The Morgan fingerprint density at radius 1 is 1.78 bits per heavy atom. The van der Waals surface area contributed by atoms with Crippen molar-refractivity contribution in [1.29, 1.82) is 0 Å². The molecule has 1 fully saturated rings. The Bertz CT molecular complexity index is 120. The van der Waals surface area contributed by atoms with Gasteiger partial charge < -0.3 is 9.84 Å². The highest BCUT2D eigenvalue weighted by Gasteiger charge is 2.40. The average molecular weight is 128 g/mol. The van der Waals surface area contributed by atoms with E-state index < -0.39 is 0 Å². The molecule has 0 saturated carbocycles. The molecule has 0 amide bonds. The van der Waals surface area contributed by atoms with Crippen LogP contribution in [0.15, 0.2) is 12.3 Å². The smallest absolute Gasteiger partial charge is 0.140 e. The van der Waals surface area contributed by atoms with Gasteiger partial charge in [0.2, 0.25) is 0 Å². The Morgan fingerprint density at radius 3 is 2.78 bits per heavy atom. The minimum Gasteiger partial charge on any atom is -0.510 e. The van der Waals surface area contributed by atoms with Gasteiger partial charge in [0, 0.05) is 0 Å². The van der Waals surface area contributed by atoms with Crippen LogP contribution in [0.1, 0.15) is 19.8 Å². The predicted molar refractivity (Wildman–Crippen MR) is 35.3 cm³/mol. The van der Waals surface area contributed by atoms with Gasteiger partial charge in [-0.25, -0.2) is 0 Å². The van der Waals surface area contributed by atoms with Crippen molar-refractivity contribution in [3.63, 3.8) is 0 Å². The second kappa shape index (κ2) is 2.40. The van der Waals surface area contributed by atoms with Gasteiger partial charge in [0.1, 0.15) is 11.9 Å². The second-order valence-corrected chi connectivity index (χ2v) is 2.38. The normalized spacial score (nSPS) is 32.1. The van der Waals surface area contributed by atoms with Gasteiger partial charge in [-0.2, -0.15) is 0 Å². The molecule has 0 spiro atoms. The van der Waals surface area contributed by atoms with Crippen molar-refractivity contribution >= 4 is 0 Å². The molecule has 2 unspecified atom stereocenters. The van der Waals surface area contributed by atoms with E-state index in [4.69, 9.17) is 9.84 Å². The van der Waals surface area contributed by atoms with Gasteiger partial charge in [-0.05, 0) is 6.42 Å². The summed E-state index contributed by atoms with van der Waals surface area (Å²) in [4.78, 5) is 0. The third kappa shape index (κ3) is 1.45. The second-order valence-electron chi connectivity index (χ2n) is 2.38. The minimum absolute atomic E-state index is 0.0510. The number of hydrogen-bond acceptors (Lipinski definition) is 2. The SMILES string of the molecule is C=C(O)C1OC1CCC. The molecule has 1 saturated heterocycles. The zero-order valence-electron chi connectivity index (χ0n) is 5.63. The highest BCUT2D eigenvalue weighted by Crippen LogP contribution is 2.30. The first-order chi connectivity index (χ1) is 4.25. The molecular formula is C7H12O2. The van der Waals surface area contributed by atoms with Crippen LogP contribution in [0.3, 0.4) is 0 Å². The fourth-order valence-electron chi connectivity index (χ4n) is 0.940. The lowest BCUT2D eigenvalue weighted by Gasteiger charge is -1.87. The minimum atomic E-state index is -0.0510. The summed E-state index contributed by atoms with van der Waals surface area (Å²) in [6.07, 6.45) is 2.34. The van der Waals surface area contributed by atoms with Crippen molar-refractivity contribution in [2.75, 3.05) is 0 Å². The van der Waals surface area contributed by atoms with E-state index in [1.54, 1.807) is 0 Å². The summed E-state index contributed by atoms with van der Waals surface area (Å²) in [6, 6.07) is 0. The number of rotatable bonds is 3. The Morgan fingerprint density at radius 2 is 2.44 bits per heavy atom. The van der Waals surface area contributed by atoms with E-state index in [0.717, 1.165) is 12.8 Å². The Hall–Kier alpha value is -0.500. The summed E-state index contributed by atoms with van der Waals surface area (Å²) >= 11 is 0. The lowest BCUT2D eigenvalue weighted by Crippen LogP contribution is -1.94. The van der Waals surface area contributed by atoms with Crippen molar-refractivity contribution < 1.29 is 9.84 Å². The molecule has 9 heavy (non-hydrogen) atoms. The standard InChI is InChI=1S/C7H12O2/c1-3-4-6-7(9-6)5(2)8/h6-8H,2-4H2,1H3. The van der Waals surface area contributed by atoms with Crippen molar-refractivity contribution in [1.82, 2.24) is 0 Å². The van der Waals surface area contributed by atoms with E-state index >= 15 is 0 Å². The van der Waals surface area contributed by atoms with Crippen molar-refractivity contribution in [2.24, 2.45) is 0 Å². The van der Waals surface area contributed by atoms with Gasteiger partial charge in [0.25, 0.3) is 0 Å². The molecule has 2 atom stereocenters. The molecule has 1 rings (SSSR count). The molecule has 2 heteroatoms. The monoisotopic (exact) mass is 128 g/mol. The zero-order valence-corrected chi connectivity index (χ0v) is 5.63. The van der Waals surface area contributed by atoms with Crippen LogP contribution in [0.25, 0.3) is 0 Å². The molecule has 1 N–H and O–H groups in total. The average Bonchev–Trinajstić information content (AvgIpc) is 2.47. The van der Waals surface area contributed by atoms with Crippen molar-refractivity contribution in [2.45, 2.75) is 32.0 Å². The van der Waals surface area contributed by atoms with Gasteiger partial charge in [-0.3, -0.25) is 0 Å². The molecule has 1 aliphatic rings. The third-order valence-electron chi connectivity index (χ3n) is 1.48. The molecule has 0 bridgehead atoms. The molecular weight excluding hydrogens is 116 g/mol. The van der Waals surface area contributed by atoms with Gasteiger partial charge in [0.05, 0.1) is 6.10 Å². The maximum Gasteiger partial charge on any atom is 0.140 e. The molecule has 52 valence electrons. The van der Waals surface area contributed by atoms with Gasteiger partial charge in [-0.1, -0.05) is 19.9 Å². The highest BCUT2D eigenvalue weighted by molar-refractivity contribution is 5.04. The van der Waals surface area contributed by atoms with E-state index in [9.17, 15) is 0 Å². The molecule has 0 radical (unpaired) electrons. The molecule has 0 aromatic rings. The van der Waals surface area contributed by atoms with Crippen molar-refractivity contribution in [3.05, 3.63) is 12.3 Å². The maximum absolute atomic E-state index is 8.77. The van der Waals surface area contributed by atoms with E-state index in [1.165, 1.54) is 0 Å². The first kappa shape index (κ1) is 6.62. The summed E-state index contributed by atoms with van der Waals surface area (Å²) in [5, 5.41) is 8.77. The summed E-state index contributed by atoms with van der Waals surface area (Å²) in [7, 11) is 0. The number of ether oxygens (including phenoxy) is 1. The van der Waals surface area contributed by atoms with Crippen LogP contribution in [0.2, 0.25) is 0 Å². The molecule has 1 aliphatic heterocycles. The summed E-state index contributed by atoms with van der Waals surface area (Å²) < 4.78 is 5.07. The maximum atomic E-state index is 8.77. The van der Waals surface area contributed by atoms with Crippen LogP contribution in [0, 0.1) is 0 Å². The van der Waals surface area contributed by atoms with E-state index in [1.807, 2.05) is 0 Å². The largest absolute Gasteiger partial charge is 0.510 e. The van der Waals surface area contributed by atoms with Crippen LogP contribution in [-0.4, -0.2) is 17.3 Å². The van der Waals surface area contributed by atoms with Gasteiger partial charge in [-0.15, -0.1) is 0 Å². The summed E-state index contributed by atoms with van der Waals surface area (Å²) in [6.45, 7) is 5.48. The predicted octanol–water partition coefficient (Wildman–Crippen LogP) is 1.63. The van der Waals surface area contributed by atoms with Crippen LogP contribution in [0.5, 0.6) is 0 Å². The number of aliphatic hydroxyl groups excluding tert-OH is 1.